The van der Waals surface area contributed by atoms with E-state index in [-0.39, 0.29) is 5.95 Å². The minimum atomic E-state index is 0.130. The van der Waals surface area contributed by atoms with E-state index in [1.165, 1.54) is 0 Å². The molecule has 2 heterocycles. The van der Waals surface area contributed by atoms with Crippen LogP contribution in [0.5, 0.6) is 5.75 Å². The molecular weight excluding hydrogens is 314 g/mol. The molecule has 0 aliphatic rings. The van der Waals surface area contributed by atoms with E-state index >= 15 is 0 Å². The van der Waals surface area contributed by atoms with Gasteiger partial charge < -0.3 is 10.5 Å². The van der Waals surface area contributed by atoms with E-state index < -0.39 is 0 Å². The number of hydrogen-bond acceptors (Lipinski definition) is 5. The maximum absolute atomic E-state index is 5.98. The fourth-order valence-corrected chi connectivity index (χ4v) is 2.63. The molecule has 118 valence electrons. The molecule has 3 rings (SSSR count). The molecule has 0 spiro atoms. The van der Waals surface area contributed by atoms with Crippen molar-refractivity contribution in [3.05, 3.63) is 52.8 Å². The van der Waals surface area contributed by atoms with Gasteiger partial charge in [0.25, 0.3) is 0 Å². The monoisotopic (exact) mass is 329 g/mol. The summed E-state index contributed by atoms with van der Waals surface area (Å²) in [5.41, 5.74) is 9.18. The van der Waals surface area contributed by atoms with Crippen LogP contribution in [0.2, 0.25) is 5.15 Å². The van der Waals surface area contributed by atoms with E-state index in [1.807, 2.05) is 37.5 Å². The Morgan fingerprint density at radius 3 is 2.83 bits per heavy atom. The molecule has 23 heavy (non-hydrogen) atoms. The van der Waals surface area contributed by atoms with Crippen LogP contribution >= 0.6 is 11.6 Å². The molecule has 0 atom stereocenters. The normalized spacial score (nSPS) is 10.7. The molecule has 3 aromatic rings. The average Bonchev–Trinajstić information content (AvgIpc) is 2.87. The first-order valence-corrected chi connectivity index (χ1v) is 7.39. The fraction of sp³-hybridized carbons (Fsp3) is 0.188. The number of nitrogen functional groups attached to an aromatic ring is 1. The van der Waals surface area contributed by atoms with Crippen molar-refractivity contribution in [1.82, 2.24) is 19.7 Å². The fourth-order valence-electron chi connectivity index (χ4n) is 2.44. The van der Waals surface area contributed by atoms with Gasteiger partial charge in [0.05, 0.1) is 12.8 Å². The van der Waals surface area contributed by atoms with E-state index in [0.29, 0.717) is 17.3 Å². The molecule has 0 radical (unpaired) electrons. The predicted molar refractivity (Wildman–Crippen MR) is 89.5 cm³/mol. The lowest BCUT2D eigenvalue weighted by atomic mass is 10.0. The van der Waals surface area contributed by atoms with Crippen molar-refractivity contribution in [3.63, 3.8) is 0 Å². The van der Waals surface area contributed by atoms with E-state index in [1.54, 1.807) is 17.9 Å². The summed E-state index contributed by atoms with van der Waals surface area (Å²) in [6.45, 7) is 0. The third kappa shape index (κ3) is 3.43. The Kier molecular flexibility index (Phi) is 4.16. The van der Waals surface area contributed by atoms with E-state index in [2.05, 4.69) is 15.1 Å². The zero-order valence-corrected chi connectivity index (χ0v) is 13.6. The van der Waals surface area contributed by atoms with Crippen LogP contribution in [-0.2, 0) is 13.5 Å². The number of nitrogens with two attached hydrogens (primary N) is 1. The number of nitrogens with zero attached hydrogens (tertiary/aromatic N) is 4. The topological polar surface area (TPSA) is 78.8 Å². The Bertz CT molecular complexity index is 826. The van der Waals surface area contributed by atoms with Crippen LogP contribution in [0.4, 0.5) is 5.95 Å². The first-order chi connectivity index (χ1) is 11.0. The Morgan fingerprint density at radius 2 is 2.09 bits per heavy atom. The molecule has 7 heteroatoms. The molecule has 6 nitrogen and oxygen atoms in total. The summed E-state index contributed by atoms with van der Waals surface area (Å²) in [7, 11) is 3.52. The minimum absolute atomic E-state index is 0.130. The molecule has 0 aliphatic heterocycles. The number of methoxy groups -OCH3 is 1. The lowest BCUT2D eigenvalue weighted by Gasteiger charge is -2.05. The molecule has 0 aliphatic carbocycles. The van der Waals surface area contributed by atoms with Crippen molar-refractivity contribution < 1.29 is 4.74 Å². The number of anilines is 1. The summed E-state index contributed by atoms with van der Waals surface area (Å²) in [6.07, 6.45) is 2.66. The van der Waals surface area contributed by atoms with Crippen molar-refractivity contribution in [2.24, 2.45) is 7.05 Å². The van der Waals surface area contributed by atoms with Gasteiger partial charge in [-0.15, -0.1) is 0 Å². The van der Waals surface area contributed by atoms with Gasteiger partial charge in [-0.3, -0.25) is 4.68 Å². The Hall–Kier alpha value is -2.60. The van der Waals surface area contributed by atoms with E-state index in [0.717, 1.165) is 22.6 Å². The second-order valence-electron chi connectivity index (χ2n) is 5.14. The van der Waals surface area contributed by atoms with Gasteiger partial charge in [-0.1, -0.05) is 23.7 Å². The molecule has 1 aromatic carbocycles. The lowest BCUT2D eigenvalue weighted by molar-refractivity contribution is 0.414. The molecule has 0 amide bonds. The van der Waals surface area contributed by atoms with Gasteiger partial charge in [-0.05, 0) is 17.7 Å². The number of rotatable bonds is 4. The van der Waals surface area contributed by atoms with Gasteiger partial charge in [0.1, 0.15) is 16.6 Å². The highest BCUT2D eigenvalue weighted by atomic mass is 35.5. The molecular formula is C16H16ClN5O. The largest absolute Gasteiger partial charge is 0.497 e. The summed E-state index contributed by atoms with van der Waals surface area (Å²) < 4.78 is 7.02. The number of aryl methyl sites for hydroxylation is 1. The zero-order valence-electron chi connectivity index (χ0n) is 12.8. The van der Waals surface area contributed by atoms with Gasteiger partial charge in [-0.25, -0.2) is 9.97 Å². The van der Waals surface area contributed by atoms with Crippen LogP contribution in [0.1, 0.15) is 11.1 Å². The maximum atomic E-state index is 5.98. The highest BCUT2D eigenvalue weighted by molar-refractivity contribution is 6.29. The van der Waals surface area contributed by atoms with Crippen molar-refractivity contribution in [2.75, 3.05) is 12.8 Å². The Morgan fingerprint density at radius 1 is 1.26 bits per heavy atom. The second kappa shape index (κ2) is 6.26. The molecule has 0 saturated heterocycles. The van der Waals surface area contributed by atoms with Crippen molar-refractivity contribution in [3.8, 4) is 17.1 Å². The summed E-state index contributed by atoms with van der Waals surface area (Å²) in [5, 5.41) is 4.78. The number of hydrogen-bond donors (Lipinski definition) is 1. The molecule has 0 unspecified atom stereocenters. The number of halogens is 1. The summed E-state index contributed by atoms with van der Waals surface area (Å²) in [6, 6.07) is 9.58. The maximum Gasteiger partial charge on any atom is 0.222 e. The highest BCUT2D eigenvalue weighted by Crippen LogP contribution is 2.25. The highest BCUT2D eigenvalue weighted by Gasteiger charge is 2.14. The first kappa shape index (κ1) is 15.3. The smallest absolute Gasteiger partial charge is 0.222 e. The van der Waals surface area contributed by atoms with Crippen LogP contribution in [0.3, 0.4) is 0 Å². The SMILES string of the molecule is COc1cccc(Cc2cn(C)nc2-c2cc(Cl)nc(N)n2)c1. The van der Waals surface area contributed by atoms with Gasteiger partial charge in [-0.2, -0.15) is 5.10 Å². The lowest BCUT2D eigenvalue weighted by Crippen LogP contribution is -1.99. The van der Waals surface area contributed by atoms with Gasteiger partial charge in [0, 0.05) is 31.3 Å². The third-order valence-corrected chi connectivity index (χ3v) is 3.58. The van der Waals surface area contributed by atoms with Crippen LogP contribution in [-0.4, -0.2) is 26.9 Å². The summed E-state index contributed by atoms with van der Waals surface area (Å²) >= 11 is 5.98. The molecule has 2 aromatic heterocycles. The van der Waals surface area contributed by atoms with Crippen LogP contribution in [0.15, 0.2) is 36.5 Å². The third-order valence-electron chi connectivity index (χ3n) is 3.39. The Labute approximate surface area is 138 Å². The number of ether oxygens (including phenoxy) is 1. The van der Waals surface area contributed by atoms with Gasteiger partial charge in [0.15, 0.2) is 0 Å². The number of aromatic nitrogens is 4. The second-order valence-corrected chi connectivity index (χ2v) is 5.53. The first-order valence-electron chi connectivity index (χ1n) is 7.01. The van der Waals surface area contributed by atoms with Crippen molar-refractivity contribution in [1.29, 1.82) is 0 Å². The molecule has 2 N–H and O–H groups in total. The summed E-state index contributed by atoms with van der Waals surface area (Å²) in [4.78, 5) is 8.12. The van der Waals surface area contributed by atoms with Crippen LogP contribution < -0.4 is 10.5 Å². The molecule has 0 bridgehead atoms. The van der Waals surface area contributed by atoms with E-state index in [9.17, 15) is 0 Å². The Balaban J connectivity index is 2.00. The van der Waals surface area contributed by atoms with E-state index in [4.69, 9.17) is 22.1 Å². The molecule has 0 saturated carbocycles. The quantitative estimate of drug-likeness (QED) is 0.744. The van der Waals surface area contributed by atoms with Crippen molar-refractivity contribution >= 4 is 17.5 Å². The van der Waals surface area contributed by atoms with Gasteiger partial charge >= 0.3 is 0 Å². The molecule has 0 fully saturated rings. The summed E-state index contributed by atoms with van der Waals surface area (Å²) in [5.74, 6) is 0.952. The minimum Gasteiger partial charge on any atom is -0.497 e. The van der Waals surface area contributed by atoms with Crippen LogP contribution in [0, 0.1) is 0 Å². The predicted octanol–water partition coefficient (Wildman–Crippen LogP) is 2.71. The van der Waals surface area contributed by atoms with Gasteiger partial charge in [0.2, 0.25) is 5.95 Å². The van der Waals surface area contributed by atoms with Crippen LogP contribution in [0.25, 0.3) is 11.4 Å². The standard InChI is InChI=1S/C16H16ClN5O/c1-22-9-11(6-10-4-3-5-12(7-10)23-2)15(21-22)13-8-14(17)20-16(18)19-13/h3-5,7-9H,6H2,1-2H3,(H2,18,19,20). The average molecular weight is 330 g/mol. The van der Waals surface area contributed by atoms with Crippen molar-refractivity contribution in [2.45, 2.75) is 6.42 Å². The zero-order chi connectivity index (χ0) is 16.4. The number of benzene rings is 1.